The highest BCUT2D eigenvalue weighted by molar-refractivity contribution is 5.76. The van der Waals surface area contributed by atoms with Gasteiger partial charge >= 0.3 is 0 Å². The van der Waals surface area contributed by atoms with Crippen molar-refractivity contribution < 1.29 is 19.2 Å². The number of unbranched alkanes of at least 4 members (excludes halogenated alkanes) is 8. The third kappa shape index (κ3) is 17.4. The van der Waals surface area contributed by atoms with Gasteiger partial charge in [0.15, 0.2) is 0 Å². The molecule has 6 heteroatoms. The summed E-state index contributed by atoms with van der Waals surface area (Å²) >= 11 is 0. The fourth-order valence-electron chi connectivity index (χ4n) is 3.46. The fraction of sp³-hybridized carbons (Fsp3) is 0.913. The number of likely N-dealkylation sites (N-methyl/N-ethyl adjacent to an activating group) is 1. The van der Waals surface area contributed by atoms with Crippen LogP contribution in [0.2, 0.25) is 0 Å². The predicted octanol–water partition coefficient (Wildman–Crippen LogP) is 3.38. The summed E-state index contributed by atoms with van der Waals surface area (Å²) in [7, 11) is 2.07. The van der Waals surface area contributed by atoms with Crippen molar-refractivity contribution in [1.29, 1.82) is 0 Å². The SMILES string of the molecule is CCCCCCCC(=O)NCC[N+](C)(CCO)CCNC(=O)CCCCCCC. The average Bonchev–Trinajstić information content (AvgIpc) is 2.68. The largest absolute Gasteiger partial charge is 0.391 e. The molecule has 29 heavy (non-hydrogen) atoms. The van der Waals surface area contributed by atoms with E-state index in [0.29, 0.717) is 37.0 Å². The first kappa shape index (κ1) is 27.9. The van der Waals surface area contributed by atoms with Gasteiger partial charge in [0.25, 0.3) is 0 Å². The van der Waals surface area contributed by atoms with E-state index in [9.17, 15) is 14.7 Å². The molecule has 172 valence electrons. The van der Waals surface area contributed by atoms with Crippen molar-refractivity contribution in [2.75, 3.05) is 46.4 Å². The molecule has 0 aromatic rings. The summed E-state index contributed by atoms with van der Waals surface area (Å²) in [6, 6.07) is 0. The van der Waals surface area contributed by atoms with Crippen LogP contribution in [-0.2, 0) is 9.59 Å². The summed E-state index contributed by atoms with van der Waals surface area (Å²) in [5.74, 6) is 0.238. The molecule has 0 unspecified atom stereocenters. The maximum atomic E-state index is 12.0. The van der Waals surface area contributed by atoms with Crippen LogP contribution >= 0.6 is 0 Å². The van der Waals surface area contributed by atoms with Gasteiger partial charge in [0, 0.05) is 12.8 Å². The Bertz CT molecular complexity index is 384. The molecule has 0 bridgehead atoms. The quantitative estimate of drug-likeness (QED) is 0.211. The number of rotatable bonds is 20. The van der Waals surface area contributed by atoms with Gasteiger partial charge < -0.3 is 20.2 Å². The van der Waals surface area contributed by atoms with Crippen molar-refractivity contribution in [2.45, 2.75) is 90.9 Å². The molecular formula is C23H48N3O3+. The molecule has 0 spiro atoms. The second kappa shape index (κ2) is 18.9. The minimum absolute atomic E-state index is 0.104. The molecule has 0 saturated heterocycles. The molecule has 3 N–H and O–H groups in total. The summed E-state index contributed by atoms with van der Waals surface area (Å²) in [5.41, 5.74) is 0. The summed E-state index contributed by atoms with van der Waals surface area (Å²) in [5, 5.41) is 15.4. The predicted molar refractivity (Wildman–Crippen MR) is 121 cm³/mol. The van der Waals surface area contributed by atoms with E-state index in [-0.39, 0.29) is 18.4 Å². The van der Waals surface area contributed by atoms with E-state index >= 15 is 0 Å². The van der Waals surface area contributed by atoms with E-state index in [1.54, 1.807) is 0 Å². The number of carbonyl (C=O) groups excluding carboxylic acids is 2. The zero-order chi connectivity index (χ0) is 21.8. The van der Waals surface area contributed by atoms with Crippen LogP contribution in [-0.4, -0.2) is 67.8 Å². The number of hydrogen-bond acceptors (Lipinski definition) is 3. The number of hydrogen-bond donors (Lipinski definition) is 3. The molecular weight excluding hydrogens is 366 g/mol. The molecule has 0 aliphatic heterocycles. The maximum Gasteiger partial charge on any atom is 0.220 e. The number of carbonyl (C=O) groups is 2. The van der Waals surface area contributed by atoms with Gasteiger partial charge in [0.1, 0.15) is 6.54 Å². The van der Waals surface area contributed by atoms with Crippen molar-refractivity contribution >= 4 is 11.8 Å². The fourth-order valence-corrected chi connectivity index (χ4v) is 3.46. The molecule has 0 heterocycles. The monoisotopic (exact) mass is 414 g/mol. The van der Waals surface area contributed by atoms with Crippen LogP contribution in [0.1, 0.15) is 90.9 Å². The Kier molecular flexibility index (Phi) is 18.1. The third-order valence-corrected chi connectivity index (χ3v) is 5.60. The van der Waals surface area contributed by atoms with E-state index < -0.39 is 0 Å². The zero-order valence-corrected chi connectivity index (χ0v) is 19.4. The topological polar surface area (TPSA) is 78.4 Å². The van der Waals surface area contributed by atoms with Gasteiger partial charge in [-0.2, -0.15) is 0 Å². The number of amides is 2. The summed E-state index contributed by atoms with van der Waals surface area (Å²) in [6.45, 7) is 7.84. The number of aliphatic hydroxyl groups excluding tert-OH is 1. The second-order valence-electron chi connectivity index (χ2n) is 8.54. The lowest BCUT2D eigenvalue weighted by Crippen LogP contribution is -2.53. The molecule has 2 amide bonds. The zero-order valence-electron chi connectivity index (χ0n) is 19.4. The van der Waals surface area contributed by atoms with Crippen molar-refractivity contribution in [3.8, 4) is 0 Å². The molecule has 0 saturated carbocycles. The van der Waals surface area contributed by atoms with Gasteiger partial charge in [0.05, 0.1) is 39.8 Å². The van der Waals surface area contributed by atoms with E-state index in [0.717, 1.165) is 38.8 Å². The Labute approximate surface area is 179 Å². The summed E-state index contributed by atoms with van der Waals surface area (Å²) in [4.78, 5) is 23.9. The first-order chi connectivity index (χ1) is 14.0. The molecule has 6 nitrogen and oxygen atoms in total. The minimum atomic E-state index is 0.104. The van der Waals surface area contributed by atoms with Crippen LogP contribution in [0.3, 0.4) is 0 Å². The number of nitrogens with one attached hydrogen (secondary N) is 2. The van der Waals surface area contributed by atoms with Crippen LogP contribution < -0.4 is 10.6 Å². The van der Waals surface area contributed by atoms with E-state index in [1.165, 1.54) is 38.5 Å². The Morgan fingerprint density at radius 1 is 0.690 bits per heavy atom. The summed E-state index contributed by atoms with van der Waals surface area (Å²) in [6.07, 6.45) is 12.7. The minimum Gasteiger partial charge on any atom is -0.391 e. The lowest BCUT2D eigenvalue weighted by Gasteiger charge is -2.34. The highest BCUT2D eigenvalue weighted by atomic mass is 16.3. The van der Waals surface area contributed by atoms with Crippen LogP contribution in [0.5, 0.6) is 0 Å². The molecule has 0 atom stereocenters. The molecule has 0 radical (unpaired) electrons. The smallest absolute Gasteiger partial charge is 0.220 e. The molecule has 0 aromatic carbocycles. The Morgan fingerprint density at radius 3 is 1.48 bits per heavy atom. The lowest BCUT2D eigenvalue weighted by molar-refractivity contribution is -0.907. The van der Waals surface area contributed by atoms with E-state index in [1.807, 2.05) is 0 Å². The second-order valence-corrected chi connectivity index (χ2v) is 8.54. The maximum absolute atomic E-state index is 12.0. The lowest BCUT2D eigenvalue weighted by atomic mass is 10.1. The normalized spacial score (nSPS) is 11.4. The van der Waals surface area contributed by atoms with Crippen molar-refractivity contribution in [2.24, 2.45) is 0 Å². The standard InChI is InChI=1S/C23H47N3O3/c1-4-6-8-10-12-14-22(28)24-16-18-26(3,20-21-27)19-17-25-23(29)15-13-11-9-7-5-2/h27H,4-21H2,1-3H3,(H-,24,25,28,29)/p+1. The number of aliphatic hydroxyl groups is 1. The van der Waals surface area contributed by atoms with E-state index in [2.05, 4.69) is 31.5 Å². The molecule has 0 rings (SSSR count). The first-order valence-electron chi connectivity index (χ1n) is 11.9. The van der Waals surface area contributed by atoms with Gasteiger partial charge in [-0.1, -0.05) is 65.2 Å². The molecule has 0 aliphatic carbocycles. The Hall–Kier alpha value is -1.14. The highest BCUT2D eigenvalue weighted by Crippen LogP contribution is 2.06. The van der Waals surface area contributed by atoms with Crippen molar-refractivity contribution in [1.82, 2.24) is 10.6 Å². The van der Waals surface area contributed by atoms with Crippen LogP contribution in [0.15, 0.2) is 0 Å². The highest BCUT2D eigenvalue weighted by Gasteiger charge is 2.21. The Morgan fingerprint density at radius 2 is 1.10 bits per heavy atom. The first-order valence-corrected chi connectivity index (χ1v) is 11.9. The van der Waals surface area contributed by atoms with Crippen LogP contribution in [0.4, 0.5) is 0 Å². The van der Waals surface area contributed by atoms with Crippen LogP contribution in [0.25, 0.3) is 0 Å². The van der Waals surface area contributed by atoms with Crippen LogP contribution in [0, 0.1) is 0 Å². The molecule has 0 aromatic heterocycles. The summed E-state index contributed by atoms with van der Waals surface area (Å²) < 4.78 is 0.643. The Balaban J connectivity index is 3.97. The van der Waals surface area contributed by atoms with Gasteiger partial charge in [-0.05, 0) is 12.8 Å². The molecule has 0 fully saturated rings. The van der Waals surface area contributed by atoms with Gasteiger partial charge in [-0.15, -0.1) is 0 Å². The number of nitrogens with zero attached hydrogens (tertiary/aromatic N) is 1. The van der Waals surface area contributed by atoms with Gasteiger partial charge in [-0.3, -0.25) is 9.59 Å². The number of quaternary nitrogens is 1. The van der Waals surface area contributed by atoms with Gasteiger partial charge in [0.2, 0.25) is 11.8 Å². The van der Waals surface area contributed by atoms with Gasteiger partial charge in [-0.25, -0.2) is 0 Å². The van der Waals surface area contributed by atoms with E-state index in [4.69, 9.17) is 0 Å². The average molecular weight is 415 g/mol. The molecule has 0 aliphatic rings. The van der Waals surface area contributed by atoms with Crippen molar-refractivity contribution in [3.05, 3.63) is 0 Å². The van der Waals surface area contributed by atoms with Crippen molar-refractivity contribution in [3.63, 3.8) is 0 Å². The third-order valence-electron chi connectivity index (χ3n) is 5.60.